The number of aliphatic hydroxyl groups excluding tert-OH is 1. The number of Topliss-reactive ketones (excluding diaryl/α,β-unsaturated/α-hetero) is 1. The Kier molecular flexibility index (Phi) is 5.55. The molecule has 1 aromatic rings. The van der Waals surface area contributed by atoms with E-state index in [1.54, 1.807) is 52.0 Å². The third-order valence-corrected chi connectivity index (χ3v) is 3.04. The van der Waals surface area contributed by atoms with Gasteiger partial charge in [-0.15, -0.1) is 0 Å². The molecule has 0 saturated carbocycles. The second kappa shape index (κ2) is 6.76. The molecule has 0 unspecified atom stereocenters. The zero-order valence-electron chi connectivity index (χ0n) is 12.6. The number of benzene rings is 1. The van der Waals surface area contributed by atoms with Gasteiger partial charge in [0.1, 0.15) is 5.76 Å². The Hall–Kier alpha value is -1.81. The second-order valence-electron chi connectivity index (χ2n) is 5.53. The van der Waals surface area contributed by atoms with Crippen LogP contribution >= 0.6 is 11.6 Å². The average Bonchev–Trinajstić information content (AvgIpc) is 2.38. The highest BCUT2D eigenvalue weighted by Gasteiger charge is 2.33. The molecule has 0 aliphatic heterocycles. The van der Waals surface area contributed by atoms with Crippen LogP contribution in [0.25, 0.3) is 5.76 Å². The predicted octanol–water partition coefficient (Wildman–Crippen LogP) is 3.79. The number of hydrogen-bond acceptors (Lipinski definition) is 4. The summed E-state index contributed by atoms with van der Waals surface area (Å²) in [6, 6.07) is 6.37. The Labute approximate surface area is 129 Å². The molecule has 4 nitrogen and oxygen atoms in total. The fourth-order valence-corrected chi connectivity index (χ4v) is 1.98. The summed E-state index contributed by atoms with van der Waals surface area (Å²) >= 11 is 5.80. The molecule has 1 aromatic carbocycles. The highest BCUT2D eigenvalue weighted by atomic mass is 35.5. The number of ketones is 1. The third-order valence-electron chi connectivity index (χ3n) is 2.79. The van der Waals surface area contributed by atoms with Crippen molar-refractivity contribution in [3.63, 3.8) is 0 Å². The lowest BCUT2D eigenvalue weighted by Gasteiger charge is -2.22. The van der Waals surface area contributed by atoms with Gasteiger partial charge in [0.25, 0.3) is 5.78 Å². The van der Waals surface area contributed by atoms with Gasteiger partial charge in [0.05, 0.1) is 12.2 Å². The maximum absolute atomic E-state index is 12.2. The third kappa shape index (κ3) is 4.33. The molecule has 0 radical (unpaired) electrons. The standard InChI is InChI=1S/C16H19ClO4/c1-5-21-15(20)14(19)12(16(2,3)4)13(18)10-6-8-11(17)9-7-10/h6-9,18H,5H2,1-4H3/b13-12+. The van der Waals surface area contributed by atoms with Crippen molar-refractivity contribution in [2.75, 3.05) is 6.61 Å². The molecule has 0 aliphatic rings. The molecule has 1 N–H and O–H groups in total. The van der Waals surface area contributed by atoms with Gasteiger partial charge in [0, 0.05) is 10.6 Å². The van der Waals surface area contributed by atoms with Gasteiger partial charge >= 0.3 is 5.97 Å². The quantitative estimate of drug-likeness (QED) is 0.398. The van der Waals surface area contributed by atoms with Crippen LogP contribution in [-0.4, -0.2) is 23.5 Å². The largest absolute Gasteiger partial charge is 0.507 e. The number of rotatable bonds is 4. The number of carbonyl (C=O) groups is 2. The van der Waals surface area contributed by atoms with E-state index in [9.17, 15) is 14.7 Å². The summed E-state index contributed by atoms with van der Waals surface area (Å²) in [6.45, 7) is 6.94. The number of aliphatic hydroxyl groups is 1. The molecule has 21 heavy (non-hydrogen) atoms. The van der Waals surface area contributed by atoms with Crippen molar-refractivity contribution in [1.29, 1.82) is 0 Å². The van der Waals surface area contributed by atoms with Gasteiger partial charge < -0.3 is 9.84 Å². The molecule has 1 rings (SSSR count). The Balaban J connectivity index is 3.36. The molecular weight excluding hydrogens is 292 g/mol. The van der Waals surface area contributed by atoms with Crippen LogP contribution in [0.3, 0.4) is 0 Å². The summed E-state index contributed by atoms with van der Waals surface area (Å²) in [6.07, 6.45) is 0. The topological polar surface area (TPSA) is 63.6 Å². The van der Waals surface area contributed by atoms with Crippen LogP contribution in [0, 0.1) is 5.41 Å². The first-order valence-electron chi connectivity index (χ1n) is 6.59. The number of esters is 1. The Morgan fingerprint density at radius 2 is 1.71 bits per heavy atom. The van der Waals surface area contributed by atoms with Crippen LogP contribution in [0.4, 0.5) is 0 Å². The summed E-state index contributed by atoms with van der Waals surface area (Å²) in [5.41, 5.74) is -0.279. The van der Waals surface area contributed by atoms with E-state index in [0.717, 1.165) is 0 Å². The normalized spacial score (nSPS) is 12.6. The highest BCUT2D eigenvalue weighted by Crippen LogP contribution is 2.32. The molecule has 0 saturated heterocycles. The van der Waals surface area contributed by atoms with E-state index in [-0.39, 0.29) is 17.9 Å². The zero-order valence-corrected chi connectivity index (χ0v) is 13.3. The molecule has 5 heteroatoms. The van der Waals surface area contributed by atoms with Crippen molar-refractivity contribution < 1.29 is 19.4 Å². The smallest absolute Gasteiger partial charge is 0.379 e. The van der Waals surface area contributed by atoms with Gasteiger partial charge in [-0.05, 0) is 36.6 Å². The van der Waals surface area contributed by atoms with Crippen LogP contribution in [-0.2, 0) is 14.3 Å². The van der Waals surface area contributed by atoms with E-state index in [1.807, 2.05) is 0 Å². The molecule has 0 aromatic heterocycles. The van der Waals surface area contributed by atoms with Crippen molar-refractivity contribution in [1.82, 2.24) is 0 Å². The minimum atomic E-state index is -0.970. The number of halogens is 1. The molecule has 0 aliphatic carbocycles. The van der Waals surface area contributed by atoms with E-state index in [2.05, 4.69) is 0 Å². The number of carbonyl (C=O) groups excluding carboxylic acids is 2. The van der Waals surface area contributed by atoms with Crippen LogP contribution in [0.5, 0.6) is 0 Å². The van der Waals surface area contributed by atoms with Gasteiger partial charge in [-0.2, -0.15) is 0 Å². The molecule has 0 bridgehead atoms. The van der Waals surface area contributed by atoms with Gasteiger partial charge in [-0.25, -0.2) is 4.79 Å². The first-order valence-corrected chi connectivity index (χ1v) is 6.97. The lowest BCUT2D eigenvalue weighted by Crippen LogP contribution is -2.28. The minimum Gasteiger partial charge on any atom is -0.507 e. The minimum absolute atomic E-state index is 0.0169. The summed E-state index contributed by atoms with van der Waals surface area (Å²) in [7, 11) is 0. The average molecular weight is 311 g/mol. The molecule has 0 atom stereocenters. The van der Waals surface area contributed by atoms with E-state index in [1.165, 1.54) is 0 Å². The first kappa shape index (κ1) is 17.2. The number of hydrogen-bond donors (Lipinski definition) is 1. The second-order valence-corrected chi connectivity index (χ2v) is 5.97. The van der Waals surface area contributed by atoms with E-state index >= 15 is 0 Å². The van der Waals surface area contributed by atoms with Gasteiger partial charge in [0.2, 0.25) is 0 Å². The van der Waals surface area contributed by atoms with Crippen molar-refractivity contribution >= 4 is 29.1 Å². The maximum Gasteiger partial charge on any atom is 0.379 e. The molecule has 0 spiro atoms. The first-order chi connectivity index (χ1) is 9.68. The predicted molar refractivity (Wildman–Crippen MR) is 82.1 cm³/mol. The maximum atomic E-state index is 12.2. The monoisotopic (exact) mass is 310 g/mol. The summed E-state index contributed by atoms with van der Waals surface area (Å²) in [5.74, 6) is -2.04. The Bertz CT molecular complexity index is 565. The molecule has 0 heterocycles. The molecule has 114 valence electrons. The van der Waals surface area contributed by atoms with Crippen molar-refractivity contribution in [2.45, 2.75) is 27.7 Å². The Morgan fingerprint density at radius 3 is 2.14 bits per heavy atom. The highest BCUT2D eigenvalue weighted by molar-refractivity contribution is 6.42. The fraction of sp³-hybridized carbons (Fsp3) is 0.375. The van der Waals surface area contributed by atoms with Crippen molar-refractivity contribution in [3.8, 4) is 0 Å². The van der Waals surface area contributed by atoms with Crippen molar-refractivity contribution in [3.05, 3.63) is 40.4 Å². The zero-order chi connectivity index (χ0) is 16.2. The van der Waals surface area contributed by atoms with Crippen molar-refractivity contribution in [2.24, 2.45) is 5.41 Å². The summed E-state index contributed by atoms with van der Waals surface area (Å²) < 4.78 is 4.73. The van der Waals surface area contributed by atoms with E-state index in [0.29, 0.717) is 10.6 Å². The number of ether oxygens (including phenoxy) is 1. The lowest BCUT2D eigenvalue weighted by atomic mass is 9.81. The lowest BCUT2D eigenvalue weighted by molar-refractivity contribution is -0.152. The van der Waals surface area contributed by atoms with Gasteiger partial charge in [-0.1, -0.05) is 32.4 Å². The Morgan fingerprint density at radius 1 is 1.19 bits per heavy atom. The summed E-state index contributed by atoms with van der Waals surface area (Å²) in [5, 5.41) is 10.9. The SMILES string of the molecule is CCOC(=O)C(=O)/C(=C(\O)c1ccc(Cl)cc1)C(C)(C)C. The van der Waals surface area contributed by atoms with E-state index < -0.39 is 17.2 Å². The van der Waals surface area contributed by atoms with E-state index in [4.69, 9.17) is 16.3 Å². The van der Waals surface area contributed by atoms with Gasteiger partial charge in [-0.3, -0.25) is 4.79 Å². The van der Waals surface area contributed by atoms with Crippen LogP contribution < -0.4 is 0 Å². The molecular formula is C16H19ClO4. The summed E-state index contributed by atoms with van der Waals surface area (Å²) in [4.78, 5) is 23.9. The van der Waals surface area contributed by atoms with Gasteiger partial charge in [0.15, 0.2) is 0 Å². The van der Waals surface area contributed by atoms with Crippen LogP contribution in [0.1, 0.15) is 33.3 Å². The van der Waals surface area contributed by atoms with Crippen LogP contribution in [0.2, 0.25) is 5.02 Å². The molecule has 0 amide bonds. The molecule has 0 fully saturated rings. The fourth-order valence-electron chi connectivity index (χ4n) is 1.85. The van der Waals surface area contributed by atoms with Crippen LogP contribution in [0.15, 0.2) is 29.8 Å².